The summed E-state index contributed by atoms with van der Waals surface area (Å²) in [6.45, 7) is 0. The van der Waals surface area contributed by atoms with Gasteiger partial charge in [0.2, 0.25) is 5.95 Å². The Morgan fingerprint density at radius 3 is 2.64 bits per heavy atom. The average Bonchev–Trinajstić information content (AvgIpc) is 2.79. The van der Waals surface area contributed by atoms with Crippen LogP contribution in [0.1, 0.15) is 31.5 Å². The lowest BCUT2D eigenvalue weighted by atomic mass is 10.0. The van der Waals surface area contributed by atoms with E-state index in [0.29, 0.717) is 0 Å². The molecule has 0 aromatic carbocycles. The van der Waals surface area contributed by atoms with Crippen LogP contribution in [0.5, 0.6) is 0 Å². The number of rotatable bonds is 3. The van der Waals surface area contributed by atoms with E-state index >= 15 is 0 Å². The highest BCUT2D eigenvalue weighted by atomic mass is 15.3. The highest BCUT2D eigenvalue weighted by Crippen LogP contribution is 2.27. The van der Waals surface area contributed by atoms with E-state index < -0.39 is 0 Å². The number of hydrogen-bond acceptors (Lipinski definition) is 3. The molecule has 0 amide bonds. The van der Waals surface area contributed by atoms with E-state index in [1.165, 1.54) is 25.7 Å². The van der Waals surface area contributed by atoms with E-state index in [9.17, 15) is 0 Å². The van der Waals surface area contributed by atoms with Crippen molar-refractivity contribution in [3.05, 3.63) is 5.82 Å². The Hall–Kier alpha value is -1.06. The SMILES string of the molecule is CNc1nnc(CC2CCCC2)n1C. The third-order valence-electron chi connectivity index (χ3n) is 3.13. The monoisotopic (exact) mass is 194 g/mol. The molecule has 1 saturated carbocycles. The molecule has 0 radical (unpaired) electrons. The summed E-state index contributed by atoms with van der Waals surface area (Å²) >= 11 is 0. The zero-order valence-electron chi connectivity index (χ0n) is 8.95. The minimum Gasteiger partial charge on any atom is -0.357 e. The number of nitrogens with one attached hydrogen (secondary N) is 1. The van der Waals surface area contributed by atoms with Gasteiger partial charge in [-0.25, -0.2) is 0 Å². The van der Waals surface area contributed by atoms with Crippen molar-refractivity contribution in [1.82, 2.24) is 14.8 Å². The second kappa shape index (κ2) is 3.98. The fourth-order valence-corrected chi connectivity index (χ4v) is 2.23. The topological polar surface area (TPSA) is 42.7 Å². The van der Waals surface area contributed by atoms with Gasteiger partial charge >= 0.3 is 0 Å². The van der Waals surface area contributed by atoms with Crippen LogP contribution in [0.3, 0.4) is 0 Å². The van der Waals surface area contributed by atoms with Crippen molar-refractivity contribution in [1.29, 1.82) is 0 Å². The summed E-state index contributed by atoms with van der Waals surface area (Å²) in [4.78, 5) is 0. The largest absolute Gasteiger partial charge is 0.357 e. The first-order valence-corrected chi connectivity index (χ1v) is 5.37. The van der Waals surface area contributed by atoms with Gasteiger partial charge in [-0.15, -0.1) is 10.2 Å². The summed E-state index contributed by atoms with van der Waals surface area (Å²) in [5.74, 6) is 2.81. The molecule has 0 saturated heterocycles. The molecule has 0 spiro atoms. The predicted octanol–water partition coefficient (Wildman–Crippen LogP) is 1.59. The molecule has 14 heavy (non-hydrogen) atoms. The third kappa shape index (κ3) is 1.74. The Morgan fingerprint density at radius 2 is 2.07 bits per heavy atom. The molecule has 1 aliphatic rings. The maximum atomic E-state index is 4.20. The second-order valence-corrected chi connectivity index (χ2v) is 4.10. The molecular weight excluding hydrogens is 176 g/mol. The molecule has 1 aromatic heterocycles. The normalized spacial score (nSPS) is 17.6. The Bertz CT molecular complexity index is 299. The van der Waals surface area contributed by atoms with Crippen molar-refractivity contribution in [3.8, 4) is 0 Å². The number of anilines is 1. The van der Waals surface area contributed by atoms with Gasteiger partial charge in [0.25, 0.3) is 0 Å². The van der Waals surface area contributed by atoms with Crippen LogP contribution in [0.15, 0.2) is 0 Å². The van der Waals surface area contributed by atoms with E-state index in [2.05, 4.69) is 20.1 Å². The van der Waals surface area contributed by atoms with E-state index in [1.54, 1.807) is 0 Å². The van der Waals surface area contributed by atoms with Crippen molar-refractivity contribution < 1.29 is 0 Å². The summed E-state index contributed by atoms with van der Waals surface area (Å²) < 4.78 is 2.05. The molecule has 0 aliphatic heterocycles. The fraction of sp³-hybridized carbons (Fsp3) is 0.800. The molecule has 0 bridgehead atoms. The Kier molecular flexibility index (Phi) is 2.70. The van der Waals surface area contributed by atoms with Crippen LogP contribution in [0, 0.1) is 5.92 Å². The number of nitrogens with zero attached hydrogens (tertiary/aromatic N) is 3. The average molecular weight is 194 g/mol. The first-order chi connectivity index (χ1) is 6.81. The van der Waals surface area contributed by atoms with Gasteiger partial charge in [-0.1, -0.05) is 25.7 Å². The van der Waals surface area contributed by atoms with Crippen LogP contribution in [0.25, 0.3) is 0 Å². The summed E-state index contributed by atoms with van der Waals surface area (Å²) in [5, 5.41) is 11.3. The lowest BCUT2D eigenvalue weighted by molar-refractivity contribution is 0.520. The molecule has 1 aromatic rings. The van der Waals surface area contributed by atoms with Crippen LogP contribution in [-0.2, 0) is 13.5 Å². The maximum Gasteiger partial charge on any atom is 0.224 e. The molecule has 0 unspecified atom stereocenters. The smallest absolute Gasteiger partial charge is 0.224 e. The summed E-state index contributed by atoms with van der Waals surface area (Å²) in [6.07, 6.45) is 6.59. The van der Waals surface area contributed by atoms with Crippen molar-refractivity contribution in [2.24, 2.45) is 13.0 Å². The highest BCUT2D eigenvalue weighted by Gasteiger charge is 2.18. The molecule has 4 heteroatoms. The van der Waals surface area contributed by atoms with E-state index in [-0.39, 0.29) is 0 Å². The summed E-state index contributed by atoms with van der Waals surface area (Å²) in [7, 11) is 3.90. The first-order valence-electron chi connectivity index (χ1n) is 5.37. The Balaban J connectivity index is 2.04. The molecule has 1 aliphatic carbocycles. The van der Waals surface area contributed by atoms with Crippen molar-refractivity contribution in [2.75, 3.05) is 12.4 Å². The van der Waals surface area contributed by atoms with Crippen LogP contribution < -0.4 is 5.32 Å². The van der Waals surface area contributed by atoms with Gasteiger partial charge in [0.05, 0.1) is 0 Å². The molecule has 1 heterocycles. The van der Waals surface area contributed by atoms with Gasteiger partial charge in [-0.05, 0) is 5.92 Å². The first kappa shape index (κ1) is 9.49. The van der Waals surface area contributed by atoms with Crippen LogP contribution in [-0.4, -0.2) is 21.8 Å². The lowest BCUT2D eigenvalue weighted by Gasteiger charge is -2.08. The molecule has 1 fully saturated rings. The minimum atomic E-state index is 0.836. The quantitative estimate of drug-likeness (QED) is 0.794. The Labute approximate surface area is 84.7 Å². The Morgan fingerprint density at radius 1 is 1.36 bits per heavy atom. The molecule has 1 N–H and O–H groups in total. The predicted molar refractivity (Wildman–Crippen MR) is 56.2 cm³/mol. The van der Waals surface area contributed by atoms with Crippen molar-refractivity contribution in [3.63, 3.8) is 0 Å². The zero-order valence-corrected chi connectivity index (χ0v) is 8.95. The van der Waals surface area contributed by atoms with Crippen molar-refractivity contribution in [2.45, 2.75) is 32.1 Å². The molecule has 4 nitrogen and oxygen atoms in total. The van der Waals surface area contributed by atoms with Gasteiger partial charge in [0, 0.05) is 20.5 Å². The van der Waals surface area contributed by atoms with Gasteiger partial charge in [0.15, 0.2) is 0 Å². The number of hydrogen-bond donors (Lipinski definition) is 1. The van der Waals surface area contributed by atoms with Gasteiger partial charge in [-0.3, -0.25) is 0 Å². The number of aromatic nitrogens is 3. The van der Waals surface area contributed by atoms with Crippen LogP contribution in [0.4, 0.5) is 5.95 Å². The molecule has 2 rings (SSSR count). The lowest BCUT2D eigenvalue weighted by Crippen LogP contribution is -2.07. The van der Waals surface area contributed by atoms with Crippen molar-refractivity contribution >= 4 is 5.95 Å². The third-order valence-corrected chi connectivity index (χ3v) is 3.13. The second-order valence-electron chi connectivity index (χ2n) is 4.10. The molecule has 0 atom stereocenters. The van der Waals surface area contributed by atoms with E-state index in [4.69, 9.17) is 0 Å². The van der Waals surface area contributed by atoms with Gasteiger partial charge < -0.3 is 9.88 Å². The van der Waals surface area contributed by atoms with Gasteiger partial charge in [0.1, 0.15) is 5.82 Å². The summed E-state index contributed by atoms with van der Waals surface area (Å²) in [6, 6.07) is 0. The standard InChI is InChI=1S/C10H18N4/c1-11-10-13-12-9(14(10)2)7-8-5-3-4-6-8/h8H,3-7H2,1-2H3,(H,11,13). The van der Waals surface area contributed by atoms with E-state index in [1.807, 2.05) is 14.1 Å². The van der Waals surface area contributed by atoms with Gasteiger partial charge in [-0.2, -0.15) is 0 Å². The zero-order chi connectivity index (χ0) is 9.97. The summed E-state index contributed by atoms with van der Waals surface area (Å²) in [5.41, 5.74) is 0. The van der Waals surface area contributed by atoms with Crippen LogP contribution in [0.2, 0.25) is 0 Å². The van der Waals surface area contributed by atoms with Crippen LogP contribution >= 0.6 is 0 Å². The molecular formula is C10H18N4. The van der Waals surface area contributed by atoms with E-state index in [0.717, 1.165) is 24.1 Å². The fourth-order valence-electron chi connectivity index (χ4n) is 2.23. The highest BCUT2D eigenvalue weighted by molar-refractivity contribution is 5.23. The maximum absolute atomic E-state index is 4.20. The minimum absolute atomic E-state index is 0.836. The molecule has 78 valence electrons.